The van der Waals surface area contributed by atoms with Crippen molar-refractivity contribution in [3.63, 3.8) is 0 Å². The molecule has 0 amide bonds. The maximum absolute atomic E-state index is 12.5. The average Bonchev–Trinajstić information content (AvgIpc) is 2.40. The second-order valence-electron chi connectivity index (χ2n) is 6.27. The molecule has 0 spiro atoms. The zero-order chi connectivity index (χ0) is 13.9. The van der Waals surface area contributed by atoms with Gasteiger partial charge in [-0.1, -0.05) is 18.2 Å². The molecule has 2 rings (SSSR count). The number of carbonyl (C=O) groups is 2. The molecule has 2 unspecified atom stereocenters. The summed E-state index contributed by atoms with van der Waals surface area (Å²) >= 11 is 0. The zero-order valence-corrected chi connectivity index (χ0v) is 12.1. The van der Waals surface area contributed by atoms with Crippen LogP contribution < -0.4 is 0 Å². The van der Waals surface area contributed by atoms with Crippen LogP contribution in [0.4, 0.5) is 0 Å². The summed E-state index contributed by atoms with van der Waals surface area (Å²) < 4.78 is 0. The van der Waals surface area contributed by atoms with Gasteiger partial charge in [0.25, 0.3) is 0 Å². The van der Waals surface area contributed by atoms with Crippen LogP contribution in [0.1, 0.15) is 58.8 Å². The molecular weight excluding hydrogens is 236 g/mol. The van der Waals surface area contributed by atoms with E-state index >= 15 is 0 Å². The van der Waals surface area contributed by atoms with Gasteiger partial charge < -0.3 is 0 Å². The van der Waals surface area contributed by atoms with Crippen LogP contribution in [-0.2, 0) is 9.59 Å². The van der Waals surface area contributed by atoms with Crippen molar-refractivity contribution < 1.29 is 9.59 Å². The summed E-state index contributed by atoms with van der Waals surface area (Å²) in [6, 6.07) is 0. The lowest BCUT2D eigenvalue weighted by atomic mass is 9.73. The lowest BCUT2D eigenvalue weighted by Gasteiger charge is -2.30. The number of rotatable bonds is 4. The van der Waals surface area contributed by atoms with Crippen LogP contribution in [0.2, 0.25) is 0 Å². The Morgan fingerprint density at radius 3 is 2.74 bits per heavy atom. The molecule has 0 saturated carbocycles. The van der Waals surface area contributed by atoms with Crippen molar-refractivity contribution in [2.75, 3.05) is 0 Å². The van der Waals surface area contributed by atoms with Gasteiger partial charge in [-0.05, 0) is 63.9 Å². The summed E-state index contributed by atoms with van der Waals surface area (Å²) in [5, 5.41) is 0. The Balaban J connectivity index is 1.92. The van der Waals surface area contributed by atoms with E-state index in [2.05, 4.69) is 19.1 Å². The molecule has 2 atom stereocenters. The molecule has 2 heteroatoms. The molecule has 0 N–H and O–H groups in total. The van der Waals surface area contributed by atoms with E-state index in [1.165, 1.54) is 0 Å². The molecule has 104 valence electrons. The van der Waals surface area contributed by atoms with Crippen molar-refractivity contribution in [1.82, 2.24) is 0 Å². The number of allylic oxidation sites excluding steroid dienone is 4. The van der Waals surface area contributed by atoms with Crippen LogP contribution >= 0.6 is 0 Å². The minimum Gasteiger partial charge on any atom is -0.299 e. The predicted molar refractivity (Wildman–Crippen MR) is 76.8 cm³/mol. The Bertz CT molecular complexity index is 431. The molecular formula is C17H24O2. The molecule has 2 nitrogen and oxygen atoms in total. The minimum atomic E-state index is -0.233. The normalized spacial score (nSPS) is 30.8. The summed E-state index contributed by atoms with van der Waals surface area (Å²) in [5.41, 5.74) is 0.718. The average molecular weight is 260 g/mol. The molecule has 0 saturated heterocycles. The summed E-state index contributed by atoms with van der Waals surface area (Å²) in [4.78, 5) is 23.7. The van der Waals surface area contributed by atoms with Crippen molar-refractivity contribution in [2.45, 2.75) is 58.8 Å². The van der Waals surface area contributed by atoms with Crippen molar-refractivity contribution in [3.8, 4) is 0 Å². The first-order valence-corrected chi connectivity index (χ1v) is 7.42. The molecule has 0 heterocycles. The third-order valence-electron chi connectivity index (χ3n) is 4.64. The maximum atomic E-state index is 12.5. The van der Waals surface area contributed by atoms with Crippen LogP contribution in [0.25, 0.3) is 0 Å². The van der Waals surface area contributed by atoms with E-state index in [0.29, 0.717) is 18.1 Å². The Kier molecular flexibility index (Phi) is 4.38. The number of carbonyl (C=O) groups excluding carboxylic acids is 2. The number of hydrogen-bond donors (Lipinski definition) is 0. The van der Waals surface area contributed by atoms with Crippen LogP contribution in [0.5, 0.6) is 0 Å². The molecule has 19 heavy (non-hydrogen) atoms. The fraction of sp³-hybridized carbons (Fsp3) is 0.647. The van der Waals surface area contributed by atoms with Crippen molar-refractivity contribution in [2.24, 2.45) is 11.3 Å². The molecule has 0 radical (unpaired) electrons. The third kappa shape index (κ3) is 3.43. The van der Waals surface area contributed by atoms with Crippen molar-refractivity contribution in [3.05, 3.63) is 23.8 Å². The lowest BCUT2D eigenvalue weighted by molar-refractivity contribution is -0.127. The number of hydrogen-bond acceptors (Lipinski definition) is 2. The SMILES string of the molecule is CC(=O)C1=CCC(CC(=O)C2(C)C=CCCC2)CC1. The molecule has 0 aromatic rings. The summed E-state index contributed by atoms with van der Waals surface area (Å²) in [7, 11) is 0. The van der Waals surface area contributed by atoms with Gasteiger partial charge in [-0.2, -0.15) is 0 Å². The van der Waals surface area contributed by atoms with Gasteiger partial charge in [0.15, 0.2) is 5.78 Å². The fourth-order valence-corrected chi connectivity index (χ4v) is 3.14. The van der Waals surface area contributed by atoms with Gasteiger partial charge in [0.1, 0.15) is 5.78 Å². The van der Waals surface area contributed by atoms with Crippen LogP contribution in [0, 0.1) is 11.3 Å². The summed E-state index contributed by atoms with van der Waals surface area (Å²) in [5.74, 6) is 1.00. The second-order valence-corrected chi connectivity index (χ2v) is 6.27. The Labute approximate surface area is 116 Å². The first-order chi connectivity index (χ1) is 9.01. The van der Waals surface area contributed by atoms with E-state index < -0.39 is 0 Å². The Hall–Kier alpha value is -1.18. The first kappa shape index (κ1) is 14.2. The molecule has 0 fully saturated rings. The molecule has 0 aromatic carbocycles. The highest BCUT2D eigenvalue weighted by Crippen LogP contribution is 2.36. The summed E-state index contributed by atoms with van der Waals surface area (Å²) in [6.07, 6.45) is 12.9. The van der Waals surface area contributed by atoms with Gasteiger partial charge >= 0.3 is 0 Å². The highest BCUT2D eigenvalue weighted by atomic mass is 16.1. The molecule has 2 aliphatic carbocycles. The molecule has 2 aliphatic rings. The van der Waals surface area contributed by atoms with Gasteiger partial charge in [0, 0.05) is 11.8 Å². The highest BCUT2D eigenvalue weighted by molar-refractivity contribution is 5.93. The van der Waals surface area contributed by atoms with Gasteiger partial charge in [0.2, 0.25) is 0 Å². The Morgan fingerprint density at radius 1 is 1.42 bits per heavy atom. The number of Topliss-reactive ketones (excluding diaryl/α,β-unsaturated/α-hetero) is 2. The summed E-state index contributed by atoms with van der Waals surface area (Å²) in [6.45, 7) is 3.70. The Morgan fingerprint density at radius 2 is 2.21 bits per heavy atom. The van der Waals surface area contributed by atoms with Gasteiger partial charge in [-0.25, -0.2) is 0 Å². The van der Waals surface area contributed by atoms with Crippen LogP contribution in [0.15, 0.2) is 23.8 Å². The number of ketones is 2. The van der Waals surface area contributed by atoms with E-state index in [-0.39, 0.29) is 11.2 Å². The van der Waals surface area contributed by atoms with Gasteiger partial charge in [-0.3, -0.25) is 9.59 Å². The van der Waals surface area contributed by atoms with Crippen LogP contribution in [-0.4, -0.2) is 11.6 Å². The molecule has 0 bridgehead atoms. The monoisotopic (exact) mass is 260 g/mol. The fourth-order valence-electron chi connectivity index (χ4n) is 3.14. The largest absolute Gasteiger partial charge is 0.299 e. The van der Waals surface area contributed by atoms with Gasteiger partial charge in [-0.15, -0.1) is 0 Å². The first-order valence-electron chi connectivity index (χ1n) is 7.42. The quantitative estimate of drug-likeness (QED) is 0.716. The third-order valence-corrected chi connectivity index (χ3v) is 4.64. The molecule has 0 aromatic heterocycles. The van der Waals surface area contributed by atoms with Gasteiger partial charge in [0.05, 0.1) is 0 Å². The second kappa shape index (κ2) is 5.85. The maximum Gasteiger partial charge on any atom is 0.155 e. The van der Waals surface area contributed by atoms with E-state index in [1.54, 1.807) is 6.92 Å². The lowest BCUT2D eigenvalue weighted by Crippen LogP contribution is -2.29. The topological polar surface area (TPSA) is 34.1 Å². The van der Waals surface area contributed by atoms with Crippen molar-refractivity contribution in [1.29, 1.82) is 0 Å². The smallest absolute Gasteiger partial charge is 0.155 e. The van der Waals surface area contributed by atoms with E-state index in [0.717, 1.165) is 44.1 Å². The standard InChI is InChI=1S/C17H24O2/c1-13(18)15-8-6-14(7-9-15)12-16(19)17(2)10-4-3-5-11-17/h4,8,10,14H,3,5-7,9,11-12H2,1-2H3. The molecule has 0 aliphatic heterocycles. The van der Waals surface area contributed by atoms with Crippen LogP contribution in [0.3, 0.4) is 0 Å². The predicted octanol–water partition coefficient (Wildman–Crippen LogP) is 4.01. The van der Waals surface area contributed by atoms with E-state index in [1.807, 2.05) is 6.08 Å². The zero-order valence-electron chi connectivity index (χ0n) is 12.1. The van der Waals surface area contributed by atoms with E-state index in [9.17, 15) is 9.59 Å². The highest BCUT2D eigenvalue weighted by Gasteiger charge is 2.32. The van der Waals surface area contributed by atoms with E-state index in [4.69, 9.17) is 0 Å². The van der Waals surface area contributed by atoms with Crippen molar-refractivity contribution >= 4 is 11.6 Å². The minimum absolute atomic E-state index is 0.187.